The Labute approximate surface area is 145 Å². The Balaban J connectivity index is 1.44. The van der Waals surface area contributed by atoms with E-state index in [0.29, 0.717) is 17.6 Å². The van der Waals surface area contributed by atoms with Gasteiger partial charge in [-0.15, -0.1) is 0 Å². The molecule has 4 rings (SSSR count). The number of oxazole rings is 1. The molecule has 1 aliphatic rings. The maximum absolute atomic E-state index is 5.93. The van der Waals surface area contributed by atoms with E-state index in [1.165, 1.54) is 6.42 Å². The first-order valence-electron chi connectivity index (χ1n) is 8.05. The monoisotopic (exact) mass is 343 g/mol. The molecule has 124 valence electrons. The molecule has 3 aromatic rings. The first kappa shape index (κ1) is 15.4. The Bertz CT molecular complexity index is 784. The van der Waals surface area contributed by atoms with Gasteiger partial charge in [0.05, 0.1) is 19.3 Å². The van der Waals surface area contributed by atoms with E-state index in [2.05, 4.69) is 20.0 Å². The SMILES string of the molecule is Clc1ccc(-c2cnc(CN3CCCC3Cn3cncn3)o2)cc1. The van der Waals surface area contributed by atoms with Crippen LogP contribution in [0.1, 0.15) is 18.7 Å². The number of rotatable bonds is 5. The van der Waals surface area contributed by atoms with Crippen molar-refractivity contribution in [2.24, 2.45) is 0 Å². The lowest BCUT2D eigenvalue weighted by molar-refractivity contribution is 0.200. The van der Waals surface area contributed by atoms with Gasteiger partial charge >= 0.3 is 0 Å². The second-order valence-corrected chi connectivity index (χ2v) is 6.45. The van der Waals surface area contributed by atoms with Crippen LogP contribution in [0.2, 0.25) is 5.02 Å². The second-order valence-electron chi connectivity index (χ2n) is 6.01. The summed E-state index contributed by atoms with van der Waals surface area (Å²) in [6.45, 7) is 2.62. The minimum absolute atomic E-state index is 0.442. The molecule has 0 bridgehead atoms. The number of halogens is 1. The van der Waals surface area contributed by atoms with Crippen LogP contribution in [0.5, 0.6) is 0 Å². The van der Waals surface area contributed by atoms with Crippen LogP contribution in [0, 0.1) is 0 Å². The van der Waals surface area contributed by atoms with Gasteiger partial charge < -0.3 is 4.42 Å². The molecule has 0 N–H and O–H groups in total. The minimum atomic E-state index is 0.442. The van der Waals surface area contributed by atoms with Crippen LogP contribution in [0.4, 0.5) is 0 Å². The molecule has 1 aliphatic heterocycles. The molecule has 1 unspecified atom stereocenters. The molecule has 1 aromatic carbocycles. The Morgan fingerprint density at radius 1 is 1.25 bits per heavy atom. The largest absolute Gasteiger partial charge is 0.439 e. The Morgan fingerprint density at radius 3 is 2.92 bits per heavy atom. The molecule has 0 radical (unpaired) electrons. The molecule has 0 amide bonds. The molecule has 24 heavy (non-hydrogen) atoms. The fraction of sp³-hybridized carbons (Fsp3) is 0.353. The lowest BCUT2D eigenvalue weighted by Crippen LogP contribution is -2.32. The number of likely N-dealkylation sites (tertiary alicyclic amines) is 1. The molecule has 1 saturated heterocycles. The summed E-state index contributed by atoms with van der Waals surface area (Å²) in [5, 5.41) is 4.92. The second kappa shape index (κ2) is 6.75. The summed E-state index contributed by atoms with van der Waals surface area (Å²) < 4.78 is 7.81. The summed E-state index contributed by atoms with van der Waals surface area (Å²) in [5.74, 6) is 1.51. The normalized spacial score (nSPS) is 18.3. The van der Waals surface area contributed by atoms with Crippen molar-refractivity contribution in [1.29, 1.82) is 0 Å². The van der Waals surface area contributed by atoms with E-state index in [4.69, 9.17) is 16.0 Å². The van der Waals surface area contributed by atoms with Crippen LogP contribution in [-0.2, 0) is 13.1 Å². The summed E-state index contributed by atoms with van der Waals surface area (Å²) in [6.07, 6.45) is 7.46. The molecule has 0 aliphatic carbocycles. The maximum Gasteiger partial charge on any atom is 0.209 e. The third-order valence-corrected chi connectivity index (χ3v) is 4.64. The zero-order chi connectivity index (χ0) is 16.4. The van der Waals surface area contributed by atoms with Crippen molar-refractivity contribution in [2.75, 3.05) is 6.54 Å². The van der Waals surface area contributed by atoms with Gasteiger partial charge in [-0.1, -0.05) is 11.6 Å². The quantitative estimate of drug-likeness (QED) is 0.711. The Hall–Kier alpha value is -2.18. The van der Waals surface area contributed by atoms with Crippen molar-refractivity contribution in [2.45, 2.75) is 32.0 Å². The lowest BCUT2D eigenvalue weighted by atomic mass is 10.2. The highest BCUT2D eigenvalue weighted by Gasteiger charge is 2.26. The van der Waals surface area contributed by atoms with Gasteiger partial charge in [0.25, 0.3) is 0 Å². The highest BCUT2D eigenvalue weighted by molar-refractivity contribution is 6.30. The van der Waals surface area contributed by atoms with Gasteiger partial charge in [0, 0.05) is 16.6 Å². The van der Waals surface area contributed by atoms with Gasteiger partial charge in [-0.2, -0.15) is 5.10 Å². The van der Waals surface area contributed by atoms with Crippen molar-refractivity contribution in [3.8, 4) is 11.3 Å². The average molecular weight is 344 g/mol. The van der Waals surface area contributed by atoms with Crippen LogP contribution >= 0.6 is 11.6 Å². The van der Waals surface area contributed by atoms with Crippen LogP contribution in [0.3, 0.4) is 0 Å². The van der Waals surface area contributed by atoms with Gasteiger partial charge in [0.15, 0.2) is 5.76 Å². The predicted molar refractivity (Wildman–Crippen MR) is 90.4 cm³/mol. The molecule has 7 heteroatoms. The van der Waals surface area contributed by atoms with E-state index in [1.807, 2.05) is 28.9 Å². The maximum atomic E-state index is 5.93. The van der Waals surface area contributed by atoms with Crippen molar-refractivity contribution in [1.82, 2.24) is 24.6 Å². The van der Waals surface area contributed by atoms with E-state index in [9.17, 15) is 0 Å². The Morgan fingerprint density at radius 2 is 2.12 bits per heavy atom. The fourth-order valence-corrected chi connectivity index (χ4v) is 3.28. The molecular formula is C17H18ClN5O. The number of benzene rings is 1. The molecule has 1 fully saturated rings. The fourth-order valence-electron chi connectivity index (χ4n) is 3.16. The van der Waals surface area contributed by atoms with E-state index in [-0.39, 0.29) is 0 Å². The van der Waals surface area contributed by atoms with Crippen LogP contribution in [-0.4, -0.2) is 37.2 Å². The van der Waals surface area contributed by atoms with E-state index in [1.54, 1.807) is 18.9 Å². The predicted octanol–water partition coefficient (Wildman–Crippen LogP) is 3.25. The van der Waals surface area contributed by atoms with E-state index in [0.717, 1.165) is 36.7 Å². The van der Waals surface area contributed by atoms with Crippen LogP contribution in [0.25, 0.3) is 11.3 Å². The number of hydrogen-bond donors (Lipinski definition) is 0. The van der Waals surface area contributed by atoms with Crippen molar-refractivity contribution in [3.63, 3.8) is 0 Å². The lowest BCUT2D eigenvalue weighted by Gasteiger charge is -2.22. The third-order valence-electron chi connectivity index (χ3n) is 4.38. The number of nitrogens with zero attached hydrogens (tertiary/aromatic N) is 5. The molecule has 1 atom stereocenters. The first-order chi connectivity index (χ1) is 11.8. The van der Waals surface area contributed by atoms with Crippen LogP contribution < -0.4 is 0 Å². The summed E-state index contributed by atoms with van der Waals surface area (Å²) >= 11 is 5.93. The van der Waals surface area contributed by atoms with E-state index < -0.39 is 0 Å². The van der Waals surface area contributed by atoms with E-state index >= 15 is 0 Å². The number of aromatic nitrogens is 4. The highest BCUT2D eigenvalue weighted by atomic mass is 35.5. The standard InChI is InChI=1S/C17H18ClN5O/c18-14-5-3-13(4-6-14)16-8-20-17(24-16)10-22-7-1-2-15(22)9-23-12-19-11-21-23/h3-6,8,11-12,15H,1-2,7,9-10H2. The molecule has 2 aromatic heterocycles. The van der Waals surface area contributed by atoms with Gasteiger partial charge in [-0.3, -0.25) is 9.58 Å². The molecule has 0 spiro atoms. The molecule has 0 saturated carbocycles. The average Bonchev–Trinajstić information content (AvgIpc) is 3.32. The third kappa shape index (κ3) is 3.34. The van der Waals surface area contributed by atoms with Gasteiger partial charge in [-0.05, 0) is 43.7 Å². The number of hydrogen-bond acceptors (Lipinski definition) is 5. The Kier molecular flexibility index (Phi) is 4.32. The van der Waals surface area contributed by atoms with Crippen molar-refractivity contribution < 1.29 is 4.42 Å². The zero-order valence-corrected chi connectivity index (χ0v) is 13.9. The summed E-state index contributed by atoms with van der Waals surface area (Å²) in [7, 11) is 0. The minimum Gasteiger partial charge on any atom is -0.439 e. The molecule has 6 nitrogen and oxygen atoms in total. The van der Waals surface area contributed by atoms with Gasteiger partial charge in [0.1, 0.15) is 12.7 Å². The highest BCUT2D eigenvalue weighted by Crippen LogP contribution is 2.25. The molecular weight excluding hydrogens is 326 g/mol. The first-order valence-corrected chi connectivity index (χ1v) is 8.43. The zero-order valence-electron chi connectivity index (χ0n) is 13.2. The summed E-state index contributed by atoms with van der Waals surface area (Å²) in [4.78, 5) is 10.8. The topological polar surface area (TPSA) is 60.0 Å². The van der Waals surface area contributed by atoms with Gasteiger partial charge in [-0.25, -0.2) is 9.97 Å². The van der Waals surface area contributed by atoms with Crippen molar-refractivity contribution >= 4 is 11.6 Å². The summed E-state index contributed by atoms with van der Waals surface area (Å²) in [5.41, 5.74) is 0.985. The van der Waals surface area contributed by atoms with Crippen molar-refractivity contribution in [3.05, 3.63) is 54.0 Å². The van der Waals surface area contributed by atoms with Gasteiger partial charge in [0.2, 0.25) is 5.89 Å². The smallest absolute Gasteiger partial charge is 0.209 e. The molecule has 3 heterocycles. The van der Waals surface area contributed by atoms with Crippen LogP contribution in [0.15, 0.2) is 47.5 Å². The summed E-state index contributed by atoms with van der Waals surface area (Å²) in [6, 6.07) is 8.03.